The van der Waals surface area contributed by atoms with Crippen molar-refractivity contribution in [2.45, 2.75) is 123 Å². The molecular weight excluding hydrogens is 677 g/mol. The summed E-state index contributed by atoms with van der Waals surface area (Å²) in [7, 11) is -4.21. The number of rotatable bonds is 15. The first kappa shape index (κ1) is 42.4. The Hall–Kier alpha value is -3.97. The number of nitrogen functional groups attached to an aromatic ring is 1. The van der Waals surface area contributed by atoms with E-state index in [1.165, 1.54) is 0 Å². The number of carbonyl (C=O) groups excluding carboxylic acids is 2. The number of sulfonamides is 1. The molecule has 0 spiro atoms. The van der Waals surface area contributed by atoms with E-state index < -0.39 is 21.6 Å². The second kappa shape index (κ2) is 16.8. The monoisotopic (exact) mass is 738 g/mol. The van der Waals surface area contributed by atoms with E-state index in [1.807, 2.05) is 67.5 Å². The number of nitrogens with zero attached hydrogens (tertiary/aromatic N) is 2. The molecule has 1 saturated heterocycles. The lowest BCUT2D eigenvalue weighted by Crippen LogP contribution is -2.56. The van der Waals surface area contributed by atoms with E-state index in [9.17, 15) is 18.0 Å². The molecule has 13 heteroatoms. The fraction of sp³-hybridized carbons (Fsp3) is 0.590. The molecule has 1 atom stereocenters. The van der Waals surface area contributed by atoms with Crippen molar-refractivity contribution in [3.63, 3.8) is 0 Å². The number of benzene rings is 2. The minimum atomic E-state index is -4.21. The van der Waals surface area contributed by atoms with Crippen molar-refractivity contribution >= 4 is 33.6 Å². The average molecular weight is 739 g/mol. The van der Waals surface area contributed by atoms with Crippen LogP contribution in [0.5, 0.6) is 0 Å². The molecule has 1 fully saturated rings. The summed E-state index contributed by atoms with van der Waals surface area (Å²) in [6, 6.07) is 9.74. The van der Waals surface area contributed by atoms with Crippen LogP contribution < -0.4 is 21.5 Å². The summed E-state index contributed by atoms with van der Waals surface area (Å²) in [5, 5.41) is 18.5. The SMILES string of the molecule is CC(C)c1cc(C(C)C)c(S(=O)(=O)NC(Cc2cccc(C(=N)N)c2)C(=O)N2CCN(C(=O)CC(C)(C)CC(C)(C)NC(=N)N)CC2)c(C(C)C)c1. The maximum Gasteiger partial charge on any atom is 0.241 e. The first-order valence-corrected chi connectivity index (χ1v) is 19.7. The van der Waals surface area contributed by atoms with Crippen LogP contribution in [0.15, 0.2) is 41.3 Å². The summed E-state index contributed by atoms with van der Waals surface area (Å²) in [6.07, 6.45) is 0.938. The van der Waals surface area contributed by atoms with Crippen LogP contribution >= 0.6 is 0 Å². The zero-order chi connectivity index (χ0) is 39.3. The molecule has 2 aromatic rings. The molecule has 2 aromatic carbocycles. The van der Waals surface area contributed by atoms with Crippen molar-refractivity contribution in [1.29, 1.82) is 10.8 Å². The van der Waals surface area contributed by atoms with Crippen LogP contribution in [0.3, 0.4) is 0 Å². The molecule has 52 heavy (non-hydrogen) atoms. The van der Waals surface area contributed by atoms with Gasteiger partial charge in [-0.05, 0) is 78.2 Å². The number of hydrogen-bond acceptors (Lipinski definition) is 6. The minimum Gasteiger partial charge on any atom is -0.384 e. The van der Waals surface area contributed by atoms with Crippen LogP contribution in [-0.2, 0) is 26.0 Å². The Balaban J connectivity index is 1.92. The van der Waals surface area contributed by atoms with Crippen molar-refractivity contribution < 1.29 is 18.0 Å². The van der Waals surface area contributed by atoms with Gasteiger partial charge in [-0.15, -0.1) is 0 Å². The van der Waals surface area contributed by atoms with Gasteiger partial charge in [0, 0.05) is 43.7 Å². The lowest BCUT2D eigenvalue weighted by molar-refractivity contribution is -0.141. The molecule has 12 nitrogen and oxygen atoms in total. The van der Waals surface area contributed by atoms with Gasteiger partial charge in [0.15, 0.2) is 5.96 Å². The van der Waals surface area contributed by atoms with Crippen molar-refractivity contribution in [3.8, 4) is 0 Å². The van der Waals surface area contributed by atoms with Crippen molar-refractivity contribution in [1.82, 2.24) is 19.8 Å². The topological polar surface area (TPSA) is 199 Å². The van der Waals surface area contributed by atoms with Gasteiger partial charge in [0.25, 0.3) is 0 Å². The van der Waals surface area contributed by atoms with E-state index in [0.29, 0.717) is 41.8 Å². The molecular formula is C39H62N8O4S. The van der Waals surface area contributed by atoms with Crippen LogP contribution in [0.2, 0.25) is 0 Å². The Morgan fingerprint density at radius 1 is 0.846 bits per heavy atom. The Labute approximate surface area is 311 Å². The normalized spacial score (nSPS) is 14.9. The van der Waals surface area contributed by atoms with E-state index >= 15 is 0 Å². The predicted octanol–water partition coefficient (Wildman–Crippen LogP) is 4.97. The van der Waals surface area contributed by atoms with Crippen LogP contribution in [0.25, 0.3) is 0 Å². The summed E-state index contributed by atoms with van der Waals surface area (Å²) in [4.78, 5) is 31.4. The first-order valence-electron chi connectivity index (χ1n) is 18.2. The van der Waals surface area contributed by atoms with Gasteiger partial charge in [0.05, 0.1) is 4.90 Å². The smallest absolute Gasteiger partial charge is 0.241 e. The fourth-order valence-corrected chi connectivity index (χ4v) is 9.20. The van der Waals surface area contributed by atoms with Crippen molar-refractivity contribution in [3.05, 3.63) is 64.2 Å². The Bertz CT molecular complexity index is 1710. The largest absolute Gasteiger partial charge is 0.384 e. The summed E-state index contributed by atoms with van der Waals surface area (Å²) < 4.78 is 31.9. The highest BCUT2D eigenvalue weighted by molar-refractivity contribution is 7.89. The number of guanidine groups is 1. The summed E-state index contributed by atoms with van der Waals surface area (Å²) >= 11 is 0. The summed E-state index contributed by atoms with van der Waals surface area (Å²) in [6.45, 7) is 21.1. The number of carbonyl (C=O) groups is 2. The van der Waals surface area contributed by atoms with E-state index in [2.05, 4.69) is 23.9 Å². The van der Waals surface area contributed by atoms with E-state index in [-0.39, 0.29) is 77.6 Å². The van der Waals surface area contributed by atoms with Gasteiger partial charge in [0.1, 0.15) is 11.9 Å². The van der Waals surface area contributed by atoms with Gasteiger partial charge in [-0.25, -0.2) is 8.42 Å². The molecule has 0 saturated carbocycles. The molecule has 1 aliphatic rings. The number of piperazine rings is 1. The second-order valence-corrected chi connectivity index (χ2v) is 18.3. The molecule has 1 heterocycles. The second-order valence-electron chi connectivity index (χ2n) is 16.6. The molecule has 1 unspecified atom stereocenters. The van der Waals surface area contributed by atoms with Crippen molar-refractivity contribution in [2.24, 2.45) is 16.9 Å². The maximum absolute atomic E-state index is 14.5. The van der Waals surface area contributed by atoms with Gasteiger partial charge in [0.2, 0.25) is 21.8 Å². The zero-order valence-electron chi connectivity index (χ0n) is 32.8. The van der Waals surface area contributed by atoms with Crippen LogP contribution in [-0.4, -0.2) is 79.6 Å². The lowest BCUT2D eigenvalue weighted by atomic mass is 9.77. The summed E-state index contributed by atoms with van der Waals surface area (Å²) in [5.41, 5.74) is 14.1. The van der Waals surface area contributed by atoms with Crippen LogP contribution in [0.4, 0.5) is 0 Å². The predicted molar refractivity (Wildman–Crippen MR) is 209 cm³/mol. The van der Waals surface area contributed by atoms with Crippen LogP contribution in [0, 0.1) is 16.2 Å². The van der Waals surface area contributed by atoms with E-state index in [4.69, 9.17) is 22.3 Å². The number of amidine groups is 1. The number of hydrogen-bond donors (Lipinski definition) is 6. The Morgan fingerprint density at radius 3 is 1.87 bits per heavy atom. The highest BCUT2D eigenvalue weighted by Crippen LogP contribution is 2.36. The molecule has 0 aliphatic carbocycles. The highest BCUT2D eigenvalue weighted by Gasteiger charge is 2.37. The molecule has 2 amide bonds. The van der Waals surface area contributed by atoms with Gasteiger partial charge in [-0.1, -0.05) is 85.7 Å². The molecule has 0 bridgehead atoms. The number of amides is 2. The first-order chi connectivity index (χ1) is 23.9. The molecule has 1 aliphatic heterocycles. The fourth-order valence-electron chi connectivity index (χ4n) is 7.31. The molecule has 0 radical (unpaired) electrons. The molecule has 288 valence electrons. The average Bonchev–Trinajstić information content (AvgIpc) is 3.01. The third kappa shape index (κ3) is 11.3. The minimum absolute atomic E-state index is 0.0266. The van der Waals surface area contributed by atoms with Crippen molar-refractivity contribution in [2.75, 3.05) is 26.2 Å². The summed E-state index contributed by atoms with van der Waals surface area (Å²) in [5.74, 6) is -0.618. The lowest BCUT2D eigenvalue weighted by Gasteiger charge is -2.39. The Morgan fingerprint density at radius 2 is 1.38 bits per heavy atom. The Kier molecular flexibility index (Phi) is 13.7. The van der Waals surface area contributed by atoms with E-state index in [1.54, 1.807) is 34.1 Å². The highest BCUT2D eigenvalue weighted by atomic mass is 32.2. The standard InChI is InChI=1S/C39H62N8O4S/c1-24(2)29-20-30(25(3)4)34(31(21-29)26(5)6)52(50,51)45-32(19-27-12-11-13-28(18-27)35(40)41)36(49)47-16-14-46(15-17-47)33(48)22-38(7,8)23-39(9,10)44-37(42)43/h11-13,18,20-21,24-26,32,45H,14-17,19,22-23H2,1-10H3,(H3,40,41)(H4,42,43,44). The molecule has 8 N–H and O–H groups in total. The third-order valence-electron chi connectivity index (χ3n) is 9.59. The van der Waals surface area contributed by atoms with Gasteiger partial charge in [-0.2, -0.15) is 4.72 Å². The van der Waals surface area contributed by atoms with Gasteiger partial charge in [-0.3, -0.25) is 20.4 Å². The van der Waals surface area contributed by atoms with Gasteiger partial charge >= 0.3 is 0 Å². The van der Waals surface area contributed by atoms with Crippen LogP contribution in [0.1, 0.15) is 128 Å². The zero-order valence-corrected chi connectivity index (χ0v) is 33.6. The molecule has 3 rings (SSSR count). The molecule has 0 aromatic heterocycles. The quantitative estimate of drug-likeness (QED) is 0.110. The van der Waals surface area contributed by atoms with Gasteiger partial charge < -0.3 is 26.6 Å². The number of nitrogens with one attached hydrogen (secondary N) is 4. The van der Waals surface area contributed by atoms with E-state index in [0.717, 1.165) is 5.56 Å². The maximum atomic E-state index is 14.5. The number of nitrogens with two attached hydrogens (primary N) is 2. The third-order valence-corrected chi connectivity index (χ3v) is 11.2.